The van der Waals surface area contributed by atoms with Crippen LogP contribution in [-0.4, -0.2) is 26.8 Å². The molecule has 0 aliphatic carbocycles. The number of nitriles is 1. The van der Waals surface area contributed by atoms with Crippen LogP contribution in [0.1, 0.15) is 37.4 Å². The Kier molecular flexibility index (Phi) is 6.72. The number of nitrogens with one attached hydrogen (secondary N) is 1. The van der Waals surface area contributed by atoms with Crippen molar-refractivity contribution in [3.63, 3.8) is 0 Å². The number of aromatic carboxylic acids is 1. The fraction of sp³-hybridized carbons (Fsp3) is 0.0588. The van der Waals surface area contributed by atoms with Crippen LogP contribution in [0.25, 0.3) is 32.8 Å². The van der Waals surface area contributed by atoms with Gasteiger partial charge in [0.25, 0.3) is 5.91 Å². The Hall–Kier alpha value is -5.74. The normalized spacial score (nSPS) is 10.9. The van der Waals surface area contributed by atoms with Crippen molar-refractivity contribution in [1.29, 1.82) is 5.26 Å². The molecule has 0 aliphatic heterocycles. The van der Waals surface area contributed by atoms with Gasteiger partial charge in [-0.1, -0.05) is 60.7 Å². The fourth-order valence-electron chi connectivity index (χ4n) is 5.01. The van der Waals surface area contributed by atoms with Crippen LogP contribution < -0.4 is 5.32 Å². The maximum atomic E-state index is 13.7. The second-order valence-electron chi connectivity index (χ2n) is 9.82. The van der Waals surface area contributed by atoms with Crippen LogP contribution in [0, 0.1) is 11.3 Å². The molecule has 0 bridgehead atoms. The molecule has 7 nitrogen and oxygen atoms in total. The summed E-state index contributed by atoms with van der Waals surface area (Å²) in [5, 5.41) is 29.3. The van der Waals surface area contributed by atoms with Crippen LogP contribution in [0.4, 0.5) is 0 Å². The Morgan fingerprint density at radius 1 is 0.805 bits per heavy atom. The third kappa shape index (κ3) is 5.27. The molecule has 0 aliphatic rings. The minimum absolute atomic E-state index is 0.187. The maximum absolute atomic E-state index is 13.7. The summed E-state index contributed by atoms with van der Waals surface area (Å²) < 4.78 is 1.84. The molecule has 6 aromatic rings. The smallest absolute Gasteiger partial charge is 0.335 e. The Balaban J connectivity index is 1.39. The van der Waals surface area contributed by atoms with Gasteiger partial charge in [0, 0.05) is 11.9 Å². The lowest BCUT2D eigenvalue weighted by atomic mass is 9.98. The Morgan fingerprint density at radius 2 is 1.59 bits per heavy atom. The van der Waals surface area contributed by atoms with E-state index >= 15 is 0 Å². The summed E-state index contributed by atoms with van der Waals surface area (Å²) >= 11 is 0. The zero-order valence-electron chi connectivity index (χ0n) is 21.9. The molecule has 7 heteroatoms. The van der Waals surface area contributed by atoms with Gasteiger partial charge in [-0.3, -0.25) is 9.48 Å². The summed E-state index contributed by atoms with van der Waals surface area (Å²) in [6.07, 6.45) is 1.76. The Bertz CT molecular complexity index is 1980. The number of carbonyl (C=O) groups is 2. The largest absolute Gasteiger partial charge is 0.478 e. The standard InChI is InChI=1S/C34H24N4O3/c35-18-23-4-3-7-28(14-23)29-16-30-20-37-38(21-24-10-11-25-5-1-2-6-27(25)15-24)32(30)31(17-29)33(39)36-19-22-8-12-26(13-9-22)34(40)41/h1-17,20H,19,21H2,(H,36,39)(H,40,41). The van der Waals surface area contributed by atoms with Gasteiger partial charge in [-0.2, -0.15) is 10.4 Å². The minimum atomic E-state index is -1.00. The van der Waals surface area contributed by atoms with E-state index in [1.54, 1.807) is 30.5 Å². The summed E-state index contributed by atoms with van der Waals surface area (Å²) in [5.41, 5.74) is 5.35. The van der Waals surface area contributed by atoms with Gasteiger partial charge in [0.05, 0.1) is 41.0 Å². The van der Waals surface area contributed by atoms with Crippen molar-refractivity contribution in [2.75, 3.05) is 0 Å². The highest BCUT2D eigenvalue weighted by Crippen LogP contribution is 2.29. The third-order valence-corrected chi connectivity index (χ3v) is 7.10. The van der Waals surface area contributed by atoms with Gasteiger partial charge in [-0.05, 0) is 75.5 Å². The molecular weight excluding hydrogens is 512 g/mol. The molecule has 0 atom stereocenters. The first-order valence-corrected chi connectivity index (χ1v) is 13.1. The molecule has 198 valence electrons. The lowest BCUT2D eigenvalue weighted by molar-refractivity contribution is 0.0696. The minimum Gasteiger partial charge on any atom is -0.478 e. The number of hydrogen-bond donors (Lipinski definition) is 2. The second-order valence-corrected chi connectivity index (χ2v) is 9.82. The molecule has 0 unspecified atom stereocenters. The van der Waals surface area contributed by atoms with E-state index in [9.17, 15) is 14.9 Å². The van der Waals surface area contributed by atoms with Gasteiger partial charge >= 0.3 is 5.97 Å². The number of carboxylic acids is 1. The number of fused-ring (bicyclic) bond motifs is 2. The molecule has 5 aromatic carbocycles. The van der Waals surface area contributed by atoms with Gasteiger partial charge in [0.15, 0.2) is 0 Å². The average Bonchev–Trinajstić information content (AvgIpc) is 3.42. The number of carbonyl (C=O) groups excluding carboxylic acids is 1. The highest BCUT2D eigenvalue weighted by atomic mass is 16.4. The SMILES string of the molecule is N#Cc1cccc(-c2cc(C(=O)NCc3ccc(C(=O)O)cc3)c3c(cnn3Cc3ccc4ccccc4c3)c2)c1. The highest BCUT2D eigenvalue weighted by Gasteiger charge is 2.18. The zero-order chi connectivity index (χ0) is 28.3. The highest BCUT2D eigenvalue weighted by molar-refractivity contribution is 6.07. The van der Waals surface area contributed by atoms with Crippen molar-refractivity contribution in [1.82, 2.24) is 15.1 Å². The van der Waals surface area contributed by atoms with E-state index < -0.39 is 5.97 Å². The molecular formula is C34H24N4O3. The first-order valence-electron chi connectivity index (χ1n) is 13.1. The molecule has 0 fully saturated rings. The van der Waals surface area contributed by atoms with Crippen LogP contribution in [0.3, 0.4) is 0 Å². The van der Waals surface area contributed by atoms with E-state index in [0.717, 1.165) is 38.4 Å². The average molecular weight is 537 g/mol. The fourth-order valence-corrected chi connectivity index (χ4v) is 5.01. The molecule has 0 saturated carbocycles. The molecule has 1 heterocycles. The summed E-state index contributed by atoms with van der Waals surface area (Å²) in [6, 6.07) is 34.1. The van der Waals surface area contributed by atoms with Crippen molar-refractivity contribution in [2.45, 2.75) is 13.1 Å². The van der Waals surface area contributed by atoms with Crippen molar-refractivity contribution in [3.8, 4) is 17.2 Å². The van der Waals surface area contributed by atoms with E-state index in [1.165, 1.54) is 12.1 Å². The zero-order valence-corrected chi connectivity index (χ0v) is 21.9. The number of nitrogens with zero attached hydrogens (tertiary/aromatic N) is 3. The number of hydrogen-bond acceptors (Lipinski definition) is 4. The lowest BCUT2D eigenvalue weighted by Gasteiger charge is -2.13. The van der Waals surface area contributed by atoms with E-state index in [-0.39, 0.29) is 18.0 Å². The molecule has 1 amide bonds. The summed E-state index contributed by atoms with van der Waals surface area (Å²) in [7, 11) is 0. The van der Waals surface area contributed by atoms with E-state index in [1.807, 2.05) is 41.1 Å². The Morgan fingerprint density at radius 3 is 2.37 bits per heavy atom. The molecule has 2 N–H and O–H groups in total. The number of benzene rings is 5. The van der Waals surface area contributed by atoms with Gasteiger partial charge in [0.1, 0.15) is 0 Å². The topological polar surface area (TPSA) is 108 Å². The number of amides is 1. The van der Waals surface area contributed by atoms with E-state index in [2.05, 4.69) is 46.8 Å². The molecule has 6 rings (SSSR count). The Labute approximate surface area is 235 Å². The molecule has 1 aromatic heterocycles. The first-order chi connectivity index (χ1) is 20.0. The number of rotatable bonds is 7. The van der Waals surface area contributed by atoms with Gasteiger partial charge in [-0.25, -0.2) is 4.79 Å². The van der Waals surface area contributed by atoms with Crippen molar-refractivity contribution < 1.29 is 14.7 Å². The van der Waals surface area contributed by atoms with Crippen LogP contribution >= 0.6 is 0 Å². The van der Waals surface area contributed by atoms with Crippen LogP contribution in [-0.2, 0) is 13.1 Å². The summed E-state index contributed by atoms with van der Waals surface area (Å²) in [4.78, 5) is 24.9. The molecule has 0 saturated heterocycles. The predicted octanol–water partition coefficient (Wildman–Crippen LogP) is 6.40. The summed E-state index contributed by atoms with van der Waals surface area (Å²) in [5.74, 6) is -1.28. The molecule has 0 spiro atoms. The maximum Gasteiger partial charge on any atom is 0.335 e. The van der Waals surface area contributed by atoms with Crippen molar-refractivity contribution in [3.05, 3.63) is 137 Å². The lowest BCUT2D eigenvalue weighted by Crippen LogP contribution is -2.24. The monoisotopic (exact) mass is 536 g/mol. The van der Waals surface area contributed by atoms with Crippen molar-refractivity contribution >= 4 is 33.6 Å². The summed E-state index contributed by atoms with van der Waals surface area (Å²) in [6.45, 7) is 0.710. The van der Waals surface area contributed by atoms with Crippen LogP contribution in [0.5, 0.6) is 0 Å². The quantitative estimate of drug-likeness (QED) is 0.245. The third-order valence-electron chi connectivity index (χ3n) is 7.10. The van der Waals surface area contributed by atoms with Crippen LogP contribution in [0.2, 0.25) is 0 Å². The number of aromatic nitrogens is 2. The van der Waals surface area contributed by atoms with Gasteiger partial charge < -0.3 is 10.4 Å². The number of carboxylic acid groups (broad SMARTS) is 1. The van der Waals surface area contributed by atoms with Crippen LogP contribution in [0.15, 0.2) is 109 Å². The second kappa shape index (κ2) is 10.8. The van der Waals surface area contributed by atoms with E-state index in [0.29, 0.717) is 23.2 Å². The van der Waals surface area contributed by atoms with E-state index in [4.69, 9.17) is 5.11 Å². The molecule has 41 heavy (non-hydrogen) atoms. The van der Waals surface area contributed by atoms with Gasteiger partial charge in [0.2, 0.25) is 0 Å². The van der Waals surface area contributed by atoms with Crippen molar-refractivity contribution in [2.24, 2.45) is 0 Å². The van der Waals surface area contributed by atoms with Gasteiger partial charge in [-0.15, -0.1) is 0 Å². The predicted molar refractivity (Wildman–Crippen MR) is 158 cm³/mol. The first kappa shape index (κ1) is 25.5. The molecule has 0 radical (unpaired) electrons.